The Morgan fingerprint density at radius 1 is 0.906 bits per heavy atom. The molecule has 8 N–H and O–H groups in total. The van der Waals surface area contributed by atoms with Gasteiger partial charge in [-0.3, -0.25) is 0 Å². The standard InChI is InChI=1S/C19H29NO12/c21-11-7-29-18(16(25)13(11)22)30-8-12-14(23)15(24)17(26)19(32-12)31-10-3-1-9(2-4-10)5-6-20(27)28/h1-4,11-27H,5-8H2. The highest BCUT2D eigenvalue weighted by molar-refractivity contribution is 5.27. The van der Waals surface area contributed by atoms with Crippen molar-refractivity contribution >= 4 is 0 Å². The van der Waals surface area contributed by atoms with Crippen molar-refractivity contribution < 1.29 is 60.0 Å². The molecule has 0 saturated carbocycles. The first-order valence-electron chi connectivity index (χ1n) is 10.1. The Bertz CT molecular complexity index is 706. The molecular weight excluding hydrogens is 434 g/mol. The Hall–Kier alpha value is -1.46. The molecule has 10 unspecified atom stereocenters. The molecule has 0 radical (unpaired) electrons. The molecule has 0 amide bonds. The number of aliphatic hydroxyl groups excluding tert-OH is 6. The molecular formula is C19H29NO12. The van der Waals surface area contributed by atoms with Crippen molar-refractivity contribution in [3.63, 3.8) is 0 Å². The lowest BCUT2D eigenvalue weighted by Crippen LogP contribution is -3.04. The van der Waals surface area contributed by atoms with Gasteiger partial charge >= 0.3 is 0 Å². The monoisotopic (exact) mass is 463 g/mol. The van der Waals surface area contributed by atoms with E-state index < -0.39 is 60.5 Å². The zero-order chi connectivity index (χ0) is 23.4. The summed E-state index contributed by atoms with van der Waals surface area (Å²) in [5, 5.41) is 78.2. The Balaban J connectivity index is 1.57. The first-order chi connectivity index (χ1) is 15.2. The average molecular weight is 463 g/mol. The number of ether oxygens (including phenoxy) is 4. The molecule has 182 valence electrons. The lowest BCUT2D eigenvalue weighted by molar-refractivity contribution is -1.05. The Kier molecular flexibility index (Phi) is 8.74. The maximum Gasteiger partial charge on any atom is 0.229 e. The van der Waals surface area contributed by atoms with E-state index in [0.717, 1.165) is 5.56 Å². The number of rotatable bonds is 8. The van der Waals surface area contributed by atoms with Crippen molar-refractivity contribution in [2.75, 3.05) is 19.8 Å². The van der Waals surface area contributed by atoms with Crippen LogP contribution in [0.3, 0.4) is 0 Å². The topological polar surface area (TPSA) is 206 Å². The van der Waals surface area contributed by atoms with Gasteiger partial charge in [0.05, 0.1) is 13.2 Å². The van der Waals surface area contributed by atoms with Crippen molar-refractivity contribution in [3.05, 3.63) is 35.0 Å². The molecule has 10 atom stereocenters. The summed E-state index contributed by atoms with van der Waals surface area (Å²) in [6.07, 6.45) is -12.5. The molecule has 32 heavy (non-hydrogen) atoms. The van der Waals surface area contributed by atoms with Crippen LogP contribution in [0.2, 0.25) is 0 Å². The molecule has 0 bridgehead atoms. The van der Waals surface area contributed by atoms with E-state index in [4.69, 9.17) is 24.2 Å². The molecule has 2 saturated heterocycles. The molecule has 2 heterocycles. The summed E-state index contributed by atoms with van der Waals surface area (Å²) in [4.78, 5) is 0. The van der Waals surface area contributed by atoms with Crippen LogP contribution in [0.25, 0.3) is 0 Å². The van der Waals surface area contributed by atoms with Gasteiger partial charge in [0.2, 0.25) is 6.29 Å². The van der Waals surface area contributed by atoms with Crippen LogP contribution >= 0.6 is 0 Å². The zero-order valence-corrected chi connectivity index (χ0v) is 17.0. The molecule has 13 nitrogen and oxygen atoms in total. The minimum absolute atomic E-state index is 0.0220. The maximum atomic E-state index is 10.7. The van der Waals surface area contributed by atoms with Gasteiger partial charge in [-0.05, 0) is 17.7 Å². The summed E-state index contributed by atoms with van der Waals surface area (Å²) in [6, 6.07) is 6.41. The van der Waals surface area contributed by atoms with Gasteiger partial charge in [0.15, 0.2) is 6.29 Å². The van der Waals surface area contributed by atoms with E-state index in [1.165, 1.54) is 0 Å². The van der Waals surface area contributed by atoms with E-state index in [2.05, 4.69) is 0 Å². The number of benzene rings is 1. The van der Waals surface area contributed by atoms with E-state index in [1.54, 1.807) is 24.3 Å². The highest BCUT2D eigenvalue weighted by atomic mass is 16.8. The quantitative estimate of drug-likeness (QED) is 0.172. The van der Waals surface area contributed by atoms with Crippen molar-refractivity contribution in [2.45, 2.75) is 61.7 Å². The fraction of sp³-hybridized carbons (Fsp3) is 0.684. The molecule has 2 fully saturated rings. The summed E-state index contributed by atoms with van der Waals surface area (Å²) in [7, 11) is 0. The Morgan fingerprint density at radius 3 is 2.22 bits per heavy atom. The predicted molar refractivity (Wildman–Crippen MR) is 102 cm³/mol. The van der Waals surface area contributed by atoms with Crippen molar-refractivity contribution in [2.24, 2.45) is 0 Å². The van der Waals surface area contributed by atoms with Crippen LogP contribution in [0.5, 0.6) is 5.75 Å². The SMILES string of the molecule is [O-][NH+](O)CCc1ccc(OC2OC(COC3OCC(O)C(O)C3O)C(O)C(O)C2O)cc1. The van der Waals surface area contributed by atoms with Crippen molar-refractivity contribution in [1.29, 1.82) is 0 Å². The first-order valence-corrected chi connectivity index (χ1v) is 10.1. The third-order valence-electron chi connectivity index (χ3n) is 5.35. The molecule has 1 aromatic carbocycles. The second-order valence-electron chi connectivity index (χ2n) is 7.75. The zero-order valence-electron chi connectivity index (χ0n) is 17.0. The van der Waals surface area contributed by atoms with Gasteiger partial charge in [0.25, 0.3) is 0 Å². The van der Waals surface area contributed by atoms with Gasteiger partial charge in [-0.1, -0.05) is 12.1 Å². The highest BCUT2D eigenvalue weighted by Gasteiger charge is 2.46. The maximum absolute atomic E-state index is 10.7. The van der Waals surface area contributed by atoms with Gasteiger partial charge < -0.3 is 54.8 Å². The van der Waals surface area contributed by atoms with Gasteiger partial charge in [-0.2, -0.15) is 0 Å². The van der Waals surface area contributed by atoms with Crippen LogP contribution in [0, 0.1) is 5.21 Å². The average Bonchev–Trinajstić information content (AvgIpc) is 2.77. The van der Waals surface area contributed by atoms with E-state index in [-0.39, 0.29) is 25.5 Å². The summed E-state index contributed by atoms with van der Waals surface area (Å²) in [5.74, 6) is 0.277. The van der Waals surface area contributed by atoms with Crippen LogP contribution in [-0.2, 0) is 20.6 Å². The van der Waals surface area contributed by atoms with Crippen LogP contribution < -0.4 is 9.96 Å². The van der Waals surface area contributed by atoms with E-state index in [1.807, 2.05) is 0 Å². The van der Waals surface area contributed by atoms with Gasteiger partial charge in [0.1, 0.15) is 55.0 Å². The van der Waals surface area contributed by atoms with Crippen LogP contribution in [0.15, 0.2) is 24.3 Å². The third-order valence-corrected chi connectivity index (χ3v) is 5.35. The largest absolute Gasteiger partial charge is 0.600 e. The molecule has 0 aromatic heterocycles. The number of hydrogen-bond donors (Lipinski definition) is 8. The lowest BCUT2D eigenvalue weighted by atomic mass is 9.99. The Labute approximate surface area is 183 Å². The smallest absolute Gasteiger partial charge is 0.229 e. The van der Waals surface area contributed by atoms with Crippen molar-refractivity contribution in [1.82, 2.24) is 0 Å². The fourth-order valence-electron chi connectivity index (χ4n) is 3.39. The molecule has 1 aromatic rings. The minimum Gasteiger partial charge on any atom is -0.600 e. The van der Waals surface area contributed by atoms with Crippen molar-refractivity contribution in [3.8, 4) is 5.75 Å². The predicted octanol–water partition coefficient (Wildman–Crippen LogP) is -4.36. The van der Waals surface area contributed by atoms with Crippen LogP contribution in [0.1, 0.15) is 5.56 Å². The number of quaternary nitrogens is 1. The highest BCUT2D eigenvalue weighted by Crippen LogP contribution is 2.26. The second kappa shape index (κ2) is 11.1. The molecule has 0 spiro atoms. The van der Waals surface area contributed by atoms with E-state index >= 15 is 0 Å². The second-order valence-corrected chi connectivity index (χ2v) is 7.75. The molecule has 3 rings (SSSR count). The van der Waals surface area contributed by atoms with E-state index in [0.29, 0.717) is 6.42 Å². The summed E-state index contributed by atoms with van der Waals surface area (Å²) >= 11 is 0. The van der Waals surface area contributed by atoms with Crippen LogP contribution in [-0.4, -0.2) is 111 Å². The number of hydrogen-bond acceptors (Lipinski definition) is 12. The lowest BCUT2D eigenvalue weighted by Gasteiger charge is -2.41. The number of aliphatic hydroxyl groups is 6. The molecule has 13 heteroatoms. The third kappa shape index (κ3) is 6.11. The normalized spacial score (nSPS) is 38.9. The van der Waals surface area contributed by atoms with Gasteiger partial charge in [-0.25, -0.2) is 10.4 Å². The molecule has 0 aliphatic carbocycles. The number of nitrogens with one attached hydrogen (secondary N) is 1. The Morgan fingerprint density at radius 2 is 1.56 bits per heavy atom. The summed E-state index contributed by atoms with van der Waals surface area (Å²) in [6.45, 7) is -0.679. The molecule has 2 aliphatic rings. The van der Waals surface area contributed by atoms with Gasteiger partial charge in [-0.15, -0.1) is 0 Å². The summed E-state index contributed by atoms with van der Waals surface area (Å²) in [5.41, 5.74) is 0.768. The fourth-order valence-corrected chi connectivity index (χ4v) is 3.39. The van der Waals surface area contributed by atoms with Gasteiger partial charge in [0, 0.05) is 6.42 Å². The summed E-state index contributed by atoms with van der Waals surface area (Å²) < 4.78 is 21.6. The van der Waals surface area contributed by atoms with Crippen LogP contribution in [0.4, 0.5) is 0 Å². The van der Waals surface area contributed by atoms with E-state index in [9.17, 15) is 35.8 Å². The first kappa shape index (κ1) is 25.2. The molecule has 2 aliphatic heterocycles. The minimum atomic E-state index is -1.62. The number of hydroxylamine groups is 2.